The normalized spacial score (nSPS) is 20.1. The lowest BCUT2D eigenvalue weighted by Crippen LogP contribution is -2.19. The van der Waals surface area contributed by atoms with Crippen LogP contribution in [0, 0.1) is 17.2 Å². The number of hydrogen-bond acceptors (Lipinski definition) is 6. The Hall–Kier alpha value is -3.11. The molecule has 1 aliphatic heterocycles. The number of rotatable bonds is 4. The number of anilines is 1. The average Bonchev–Trinajstić information content (AvgIpc) is 2.89. The van der Waals surface area contributed by atoms with Gasteiger partial charge in [-0.25, -0.2) is 4.98 Å². The third kappa shape index (κ3) is 3.44. The first-order chi connectivity index (χ1) is 13.3. The zero-order valence-corrected chi connectivity index (χ0v) is 14.9. The first-order valence-corrected chi connectivity index (χ1v) is 9.04. The van der Waals surface area contributed by atoms with Crippen molar-refractivity contribution in [3.05, 3.63) is 48.2 Å². The molecule has 0 radical (unpaired) electrons. The van der Waals surface area contributed by atoms with Gasteiger partial charge in [-0.1, -0.05) is 30.3 Å². The molecule has 0 saturated carbocycles. The van der Waals surface area contributed by atoms with E-state index in [0.29, 0.717) is 43.3 Å². The maximum atomic E-state index is 9.58. The second-order valence-electron chi connectivity index (χ2n) is 6.61. The number of nitrogen functional groups attached to an aromatic ring is 1. The van der Waals surface area contributed by atoms with Crippen LogP contribution in [0.25, 0.3) is 10.9 Å². The minimum absolute atomic E-state index is 0.0818. The minimum atomic E-state index is -0.170. The highest BCUT2D eigenvalue weighted by Crippen LogP contribution is 2.35. The lowest BCUT2D eigenvalue weighted by molar-refractivity contribution is 0.141. The van der Waals surface area contributed by atoms with Crippen LogP contribution in [0.3, 0.4) is 0 Å². The summed E-state index contributed by atoms with van der Waals surface area (Å²) in [6.45, 7) is 1.60. The van der Waals surface area contributed by atoms with Crippen molar-refractivity contribution in [2.45, 2.75) is 25.5 Å². The standard InChI is InChI=1S/C20H21N5O2/c21-12-15-7-10-26-11-8-16(15)25-17-6-9-23-20(18(17)19(22)24-25)27-13-14-4-2-1-3-5-14/h1-6,9,15-16H,7-8,10-11,13H2,(H2,22,24)/t15-,16?/m0/s1. The number of pyridine rings is 1. The maximum absolute atomic E-state index is 9.58. The molecule has 0 amide bonds. The molecule has 1 aromatic carbocycles. The largest absolute Gasteiger partial charge is 0.472 e. The summed E-state index contributed by atoms with van der Waals surface area (Å²) in [4.78, 5) is 4.35. The lowest BCUT2D eigenvalue weighted by atomic mass is 9.96. The van der Waals surface area contributed by atoms with Crippen molar-refractivity contribution in [1.82, 2.24) is 14.8 Å². The molecule has 3 aromatic rings. The van der Waals surface area contributed by atoms with E-state index in [2.05, 4.69) is 16.2 Å². The van der Waals surface area contributed by atoms with E-state index < -0.39 is 0 Å². The van der Waals surface area contributed by atoms with E-state index in [9.17, 15) is 5.26 Å². The lowest BCUT2D eigenvalue weighted by Gasteiger charge is -2.20. The molecule has 7 nitrogen and oxygen atoms in total. The summed E-state index contributed by atoms with van der Waals surface area (Å²) in [5.41, 5.74) is 8.09. The Morgan fingerprint density at radius 3 is 2.85 bits per heavy atom. The van der Waals surface area contributed by atoms with Crippen molar-refractivity contribution >= 4 is 16.7 Å². The van der Waals surface area contributed by atoms with Crippen LogP contribution in [0.15, 0.2) is 42.6 Å². The smallest absolute Gasteiger partial charge is 0.227 e. The number of fused-ring (bicyclic) bond motifs is 1. The Morgan fingerprint density at radius 1 is 1.22 bits per heavy atom. The summed E-state index contributed by atoms with van der Waals surface area (Å²) < 4.78 is 13.3. The van der Waals surface area contributed by atoms with E-state index in [1.165, 1.54) is 0 Å². The molecule has 138 valence electrons. The fourth-order valence-corrected chi connectivity index (χ4v) is 3.53. The molecule has 7 heteroatoms. The van der Waals surface area contributed by atoms with Crippen molar-refractivity contribution in [2.75, 3.05) is 18.9 Å². The van der Waals surface area contributed by atoms with Gasteiger partial charge in [0.05, 0.1) is 23.5 Å². The van der Waals surface area contributed by atoms with Crippen LogP contribution in [-0.4, -0.2) is 28.0 Å². The van der Waals surface area contributed by atoms with E-state index in [1.807, 2.05) is 41.1 Å². The number of nitriles is 1. The summed E-state index contributed by atoms with van der Waals surface area (Å²) in [6.07, 6.45) is 3.09. The van der Waals surface area contributed by atoms with Crippen LogP contribution < -0.4 is 10.5 Å². The second kappa shape index (κ2) is 7.64. The fraction of sp³-hybridized carbons (Fsp3) is 0.350. The zero-order valence-electron chi connectivity index (χ0n) is 14.9. The molecule has 0 spiro atoms. The maximum Gasteiger partial charge on any atom is 0.227 e. The molecular weight excluding hydrogens is 342 g/mol. The number of ether oxygens (including phenoxy) is 2. The summed E-state index contributed by atoms with van der Waals surface area (Å²) >= 11 is 0. The van der Waals surface area contributed by atoms with Crippen LogP contribution in [0.1, 0.15) is 24.4 Å². The first-order valence-electron chi connectivity index (χ1n) is 9.04. The highest BCUT2D eigenvalue weighted by atomic mass is 16.5. The predicted octanol–water partition coefficient (Wildman–Crippen LogP) is 3.08. The summed E-state index contributed by atoms with van der Waals surface area (Å²) in [7, 11) is 0. The predicted molar refractivity (Wildman–Crippen MR) is 101 cm³/mol. The Balaban J connectivity index is 1.69. The Bertz CT molecular complexity index is 964. The summed E-state index contributed by atoms with van der Waals surface area (Å²) in [6, 6.07) is 14.1. The van der Waals surface area contributed by atoms with Gasteiger partial charge in [-0.3, -0.25) is 4.68 Å². The van der Waals surface area contributed by atoms with Gasteiger partial charge >= 0.3 is 0 Å². The summed E-state index contributed by atoms with van der Waals surface area (Å²) in [5, 5.41) is 14.8. The molecule has 2 N–H and O–H groups in total. The molecular formula is C20H21N5O2. The topological polar surface area (TPSA) is 99.0 Å². The van der Waals surface area contributed by atoms with Gasteiger partial charge < -0.3 is 15.2 Å². The highest BCUT2D eigenvalue weighted by molar-refractivity contribution is 5.93. The number of nitrogens with two attached hydrogens (primary N) is 1. The number of aromatic nitrogens is 3. The Morgan fingerprint density at radius 2 is 2.04 bits per heavy atom. The number of hydrogen-bond donors (Lipinski definition) is 1. The second-order valence-corrected chi connectivity index (χ2v) is 6.61. The van der Waals surface area contributed by atoms with Crippen molar-refractivity contribution in [1.29, 1.82) is 5.26 Å². The van der Waals surface area contributed by atoms with Gasteiger partial charge in [0.25, 0.3) is 0 Å². The Kier molecular flexibility index (Phi) is 4.90. The van der Waals surface area contributed by atoms with Crippen molar-refractivity contribution < 1.29 is 9.47 Å². The number of benzene rings is 1. The molecule has 3 heterocycles. The Labute approximate surface area is 157 Å². The zero-order chi connectivity index (χ0) is 18.6. The van der Waals surface area contributed by atoms with Crippen LogP contribution in [0.4, 0.5) is 5.82 Å². The van der Waals surface area contributed by atoms with Gasteiger partial charge in [-0.15, -0.1) is 0 Å². The molecule has 0 aliphatic carbocycles. The van der Waals surface area contributed by atoms with Gasteiger partial charge in [0, 0.05) is 19.4 Å². The van der Waals surface area contributed by atoms with Gasteiger partial charge in [-0.05, 0) is 24.5 Å². The SMILES string of the molecule is N#C[C@@H]1CCOCCC1n1nc(N)c2c(OCc3ccccc3)nccc21. The van der Waals surface area contributed by atoms with Crippen LogP contribution in [0.2, 0.25) is 0 Å². The van der Waals surface area contributed by atoms with Gasteiger partial charge in [0.1, 0.15) is 12.0 Å². The van der Waals surface area contributed by atoms with E-state index in [1.54, 1.807) is 6.20 Å². The molecule has 1 aliphatic rings. The van der Waals surface area contributed by atoms with Crippen LogP contribution in [0.5, 0.6) is 5.88 Å². The van der Waals surface area contributed by atoms with E-state index in [4.69, 9.17) is 15.2 Å². The minimum Gasteiger partial charge on any atom is -0.472 e. The molecule has 1 saturated heterocycles. The average molecular weight is 363 g/mol. The molecule has 0 bridgehead atoms. The van der Waals surface area contributed by atoms with Gasteiger partial charge in [-0.2, -0.15) is 10.4 Å². The summed E-state index contributed by atoms with van der Waals surface area (Å²) in [5.74, 6) is 0.651. The quantitative estimate of drug-likeness (QED) is 0.765. The third-order valence-electron chi connectivity index (χ3n) is 4.91. The molecule has 1 fully saturated rings. The monoisotopic (exact) mass is 363 g/mol. The molecule has 4 rings (SSSR count). The van der Waals surface area contributed by atoms with Crippen LogP contribution >= 0.6 is 0 Å². The van der Waals surface area contributed by atoms with Crippen molar-refractivity contribution in [3.8, 4) is 11.9 Å². The van der Waals surface area contributed by atoms with Crippen LogP contribution in [-0.2, 0) is 11.3 Å². The van der Waals surface area contributed by atoms with E-state index in [0.717, 1.165) is 17.5 Å². The van der Waals surface area contributed by atoms with E-state index >= 15 is 0 Å². The molecule has 2 aromatic heterocycles. The van der Waals surface area contributed by atoms with Gasteiger partial charge in [0.15, 0.2) is 5.82 Å². The molecule has 27 heavy (non-hydrogen) atoms. The van der Waals surface area contributed by atoms with E-state index in [-0.39, 0.29) is 12.0 Å². The molecule has 2 atom stereocenters. The third-order valence-corrected chi connectivity index (χ3v) is 4.91. The highest BCUT2D eigenvalue weighted by Gasteiger charge is 2.29. The number of nitrogens with zero attached hydrogens (tertiary/aromatic N) is 4. The van der Waals surface area contributed by atoms with Gasteiger partial charge in [0.2, 0.25) is 5.88 Å². The first kappa shape index (κ1) is 17.3. The van der Waals surface area contributed by atoms with Crippen molar-refractivity contribution in [2.24, 2.45) is 5.92 Å². The van der Waals surface area contributed by atoms with Crippen molar-refractivity contribution in [3.63, 3.8) is 0 Å². The fourth-order valence-electron chi connectivity index (χ4n) is 3.53. The molecule has 1 unspecified atom stereocenters.